The van der Waals surface area contributed by atoms with Gasteiger partial charge in [0.1, 0.15) is 6.54 Å². The van der Waals surface area contributed by atoms with Crippen LogP contribution in [0.25, 0.3) is 0 Å². The van der Waals surface area contributed by atoms with Crippen LogP contribution in [0.15, 0.2) is 90.1 Å². The number of nitrogen functional groups attached to an aromatic ring is 1. The molecule has 0 spiro atoms. The second kappa shape index (κ2) is 10.5. The van der Waals surface area contributed by atoms with Gasteiger partial charge in [-0.05, 0) is 48.4 Å². The molecule has 162 valence electrons. The summed E-state index contributed by atoms with van der Waals surface area (Å²) in [5.41, 5.74) is 9.85. The van der Waals surface area contributed by atoms with Gasteiger partial charge in [0.05, 0.1) is 0 Å². The van der Waals surface area contributed by atoms with Crippen molar-refractivity contribution in [3.8, 4) is 0 Å². The summed E-state index contributed by atoms with van der Waals surface area (Å²) in [7, 11) is 0. The van der Waals surface area contributed by atoms with E-state index in [1.165, 1.54) is 17.3 Å². The molecule has 0 aliphatic rings. The zero-order chi connectivity index (χ0) is 22.2. The van der Waals surface area contributed by atoms with Crippen molar-refractivity contribution in [2.45, 2.75) is 18.1 Å². The zero-order valence-corrected chi connectivity index (χ0v) is 18.3. The Kier molecular flexibility index (Phi) is 7.04. The lowest BCUT2D eigenvalue weighted by Gasteiger charge is -2.10. The largest absolute Gasteiger partial charge is 0.368 e. The predicted molar refractivity (Wildman–Crippen MR) is 130 cm³/mol. The van der Waals surface area contributed by atoms with Gasteiger partial charge >= 0.3 is 0 Å². The summed E-state index contributed by atoms with van der Waals surface area (Å²) < 4.78 is 1.64. The summed E-state index contributed by atoms with van der Waals surface area (Å²) in [6.07, 6.45) is 0.897. The molecule has 0 bridgehead atoms. The van der Waals surface area contributed by atoms with Gasteiger partial charge in [-0.15, -0.1) is 10.2 Å². The lowest BCUT2D eigenvalue weighted by atomic mass is 10.2. The maximum atomic E-state index is 12.6. The third kappa shape index (κ3) is 5.89. The van der Waals surface area contributed by atoms with Crippen LogP contribution < -0.4 is 16.4 Å². The first kappa shape index (κ1) is 21.5. The second-order valence-corrected chi connectivity index (χ2v) is 8.19. The Morgan fingerprint density at radius 2 is 1.47 bits per heavy atom. The van der Waals surface area contributed by atoms with Crippen LogP contribution in [-0.2, 0) is 17.8 Å². The van der Waals surface area contributed by atoms with E-state index in [0.29, 0.717) is 10.8 Å². The number of aryl methyl sites for hydroxylation is 1. The average Bonchev–Trinajstić information content (AvgIpc) is 3.15. The average molecular weight is 445 g/mol. The minimum absolute atomic E-state index is 0.0521. The van der Waals surface area contributed by atoms with E-state index >= 15 is 0 Å². The number of nitrogens with one attached hydrogen (secondary N) is 2. The fourth-order valence-corrected chi connectivity index (χ4v) is 4.06. The van der Waals surface area contributed by atoms with E-state index in [1.54, 1.807) is 4.57 Å². The molecule has 1 amide bonds. The van der Waals surface area contributed by atoms with Crippen LogP contribution in [-0.4, -0.2) is 26.4 Å². The quantitative estimate of drug-likeness (QED) is 0.327. The van der Waals surface area contributed by atoms with E-state index in [-0.39, 0.29) is 18.4 Å². The van der Waals surface area contributed by atoms with E-state index < -0.39 is 0 Å². The number of benzene rings is 3. The number of nitrogens with two attached hydrogens (primary N) is 1. The molecule has 7 nitrogen and oxygen atoms in total. The fourth-order valence-electron chi connectivity index (χ4n) is 3.13. The summed E-state index contributed by atoms with van der Waals surface area (Å²) in [6, 6.07) is 27.7. The minimum atomic E-state index is -0.190. The van der Waals surface area contributed by atoms with Gasteiger partial charge in [0.15, 0.2) is 5.16 Å². The van der Waals surface area contributed by atoms with Gasteiger partial charge in [0.25, 0.3) is 0 Å². The Hall–Kier alpha value is -3.78. The van der Waals surface area contributed by atoms with Crippen LogP contribution in [0.5, 0.6) is 0 Å². The van der Waals surface area contributed by atoms with Gasteiger partial charge in [-0.1, -0.05) is 60.3 Å². The molecule has 0 fully saturated rings. The van der Waals surface area contributed by atoms with Gasteiger partial charge < -0.3 is 16.4 Å². The van der Waals surface area contributed by atoms with Crippen molar-refractivity contribution in [3.05, 3.63) is 90.5 Å². The predicted octanol–water partition coefficient (Wildman–Crippen LogP) is 4.58. The van der Waals surface area contributed by atoms with Crippen molar-refractivity contribution >= 4 is 40.7 Å². The lowest BCUT2D eigenvalue weighted by molar-refractivity contribution is -0.116. The van der Waals surface area contributed by atoms with E-state index in [1.807, 2.05) is 72.8 Å². The molecular formula is C24H24N6OS. The van der Waals surface area contributed by atoms with Crippen LogP contribution in [0.4, 0.5) is 23.0 Å². The number of amides is 1. The Bertz CT molecular complexity index is 1150. The molecule has 0 atom stereocenters. The number of hydrogen-bond donors (Lipinski definition) is 3. The summed E-state index contributed by atoms with van der Waals surface area (Å²) in [6.45, 7) is 0.0521. The van der Waals surface area contributed by atoms with Gasteiger partial charge in [-0.2, -0.15) is 0 Å². The lowest BCUT2D eigenvalue weighted by Crippen LogP contribution is -2.20. The maximum Gasteiger partial charge on any atom is 0.244 e. The van der Waals surface area contributed by atoms with Gasteiger partial charge in [0, 0.05) is 22.8 Å². The third-order valence-corrected chi connectivity index (χ3v) is 5.71. The SMILES string of the molecule is Nc1nnc(SCCc2ccccc2)n1CC(=O)Nc1ccc(Nc2ccccc2)cc1. The normalized spacial score (nSPS) is 10.6. The number of para-hydroxylation sites is 1. The maximum absolute atomic E-state index is 12.6. The summed E-state index contributed by atoms with van der Waals surface area (Å²) in [5.74, 6) is 0.856. The molecule has 0 saturated heterocycles. The number of hydrogen-bond acceptors (Lipinski definition) is 6. The zero-order valence-electron chi connectivity index (χ0n) is 17.4. The van der Waals surface area contributed by atoms with Crippen molar-refractivity contribution in [3.63, 3.8) is 0 Å². The molecule has 0 unspecified atom stereocenters. The highest BCUT2D eigenvalue weighted by Gasteiger charge is 2.14. The summed E-state index contributed by atoms with van der Waals surface area (Å²) in [4.78, 5) is 12.6. The smallest absolute Gasteiger partial charge is 0.244 e. The first-order valence-electron chi connectivity index (χ1n) is 10.2. The standard InChI is InChI=1S/C24H24N6OS/c25-23-28-29-24(32-16-15-18-7-3-1-4-8-18)30(23)17-22(31)27-21-13-11-20(12-14-21)26-19-9-5-2-6-10-19/h1-14,26H,15-17H2,(H2,25,28)(H,27,31). The van der Waals surface area contributed by atoms with Crippen LogP contribution in [0.2, 0.25) is 0 Å². The van der Waals surface area contributed by atoms with Crippen LogP contribution in [0, 0.1) is 0 Å². The molecule has 0 aliphatic carbocycles. The highest BCUT2D eigenvalue weighted by molar-refractivity contribution is 7.99. The number of thioether (sulfide) groups is 1. The van der Waals surface area contributed by atoms with E-state index in [0.717, 1.165) is 23.5 Å². The fraction of sp³-hybridized carbons (Fsp3) is 0.125. The Morgan fingerprint density at radius 3 is 2.19 bits per heavy atom. The Labute approximate surface area is 191 Å². The molecular weight excluding hydrogens is 420 g/mol. The number of carbonyl (C=O) groups excluding carboxylic acids is 1. The van der Waals surface area contributed by atoms with Crippen LogP contribution in [0.3, 0.4) is 0 Å². The molecule has 8 heteroatoms. The van der Waals surface area contributed by atoms with Gasteiger partial charge in [-0.3, -0.25) is 9.36 Å². The number of carbonyl (C=O) groups is 1. The number of rotatable bonds is 9. The van der Waals surface area contributed by atoms with Crippen LogP contribution in [0.1, 0.15) is 5.56 Å². The molecule has 1 aromatic heterocycles. The molecule has 0 radical (unpaired) electrons. The topological polar surface area (TPSA) is 97.9 Å². The molecule has 0 aliphatic heterocycles. The monoisotopic (exact) mass is 444 g/mol. The van der Waals surface area contributed by atoms with Crippen molar-refractivity contribution in [1.82, 2.24) is 14.8 Å². The highest BCUT2D eigenvalue weighted by atomic mass is 32.2. The molecule has 32 heavy (non-hydrogen) atoms. The first-order valence-corrected chi connectivity index (χ1v) is 11.2. The molecule has 4 N–H and O–H groups in total. The van der Waals surface area contributed by atoms with Gasteiger partial charge in [-0.25, -0.2) is 0 Å². The molecule has 3 aromatic carbocycles. The van der Waals surface area contributed by atoms with Crippen molar-refractivity contribution in [2.24, 2.45) is 0 Å². The van der Waals surface area contributed by atoms with Crippen molar-refractivity contribution < 1.29 is 4.79 Å². The van der Waals surface area contributed by atoms with Crippen molar-refractivity contribution in [1.29, 1.82) is 0 Å². The number of anilines is 4. The molecule has 1 heterocycles. The Morgan fingerprint density at radius 1 is 0.844 bits per heavy atom. The van der Waals surface area contributed by atoms with Gasteiger partial charge in [0.2, 0.25) is 11.9 Å². The number of nitrogens with zero attached hydrogens (tertiary/aromatic N) is 3. The molecule has 4 rings (SSSR count). The van der Waals surface area contributed by atoms with Crippen molar-refractivity contribution in [2.75, 3.05) is 22.1 Å². The highest BCUT2D eigenvalue weighted by Crippen LogP contribution is 2.21. The molecule has 0 saturated carbocycles. The third-order valence-electron chi connectivity index (χ3n) is 4.74. The second-order valence-electron chi connectivity index (χ2n) is 7.13. The first-order chi connectivity index (χ1) is 15.7. The van der Waals surface area contributed by atoms with E-state index in [4.69, 9.17) is 5.73 Å². The minimum Gasteiger partial charge on any atom is -0.368 e. The molecule has 4 aromatic rings. The Balaban J connectivity index is 1.31. The van der Waals surface area contributed by atoms with Crippen LogP contribution >= 0.6 is 11.8 Å². The number of aromatic nitrogens is 3. The van der Waals surface area contributed by atoms with E-state index in [2.05, 4.69) is 33.0 Å². The summed E-state index contributed by atoms with van der Waals surface area (Å²) >= 11 is 1.53. The van der Waals surface area contributed by atoms with E-state index in [9.17, 15) is 4.79 Å². The summed E-state index contributed by atoms with van der Waals surface area (Å²) in [5, 5.41) is 14.9.